The molecule has 1 unspecified atom stereocenters. The van der Waals surface area contributed by atoms with E-state index in [0.717, 1.165) is 23.5 Å². The lowest BCUT2D eigenvalue weighted by molar-refractivity contribution is 0.133. The highest BCUT2D eigenvalue weighted by Gasteiger charge is 2.36. The molecule has 2 aliphatic heterocycles. The van der Waals surface area contributed by atoms with Crippen molar-refractivity contribution in [3.8, 4) is 11.5 Å². The molecular formula is C12H15NO2. The van der Waals surface area contributed by atoms with Gasteiger partial charge in [-0.1, -0.05) is 12.1 Å². The zero-order valence-electron chi connectivity index (χ0n) is 9.04. The largest absolute Gasteiger partial charge is 0.487 e. The molecule has 0 aromatic heterocycles. The van der Waals surface area contributed by atoms with Crippen LogP contribution in [0.15, 0.2) is 12.1 Å². The van der Waals surface area contributed by atoms with Crippen molar-refractivity contribution in [2.75, 3.05) is 6.61 Å². The van der Waals surface area contributed by atoms with E-state index in [1.807, 2.05) is 0 Å². The van der Waals surface area contributed by atoms with Gasteiger partial charge >= 0.3 is 0 Å². The maximum absolute atomic E-state index is 5.93. The first kappa shape index (κ1) is 9.04. The van der Waals surface area contributed by atoms with Gasteiger partial charge in [-0.3, -0.25) is 0 Å². The van der Waals surface area contributed by atoms with Crippen LogP contribution in [-0.4, -0.2) is 12.2 Å². The molecule has 0 radical (unpaired) electrons. The van der Waals surface area contributed by atoms with Gasteiger partial charge in [-0.05, 0) is 13.8 Å². The van der Waals surface area contributed by atoms with Crippen LogP contribution in [0.3, 0.4) is 0 Å². The Labute approximate surface area is 89.2 Å². The van der Waals surface area contributed by atoms with E-state index in [-0.39, 0.29) is 11.6 Å². The lowest BCUT2D eigenvalue weighted by Gasteiger charge is -2.17. The maximum atomic E-state index is 5.93. The number of rotatable bonds is 0. The second kappa shape index (κ2) is 2.67. The van der Waals surface area contributed by atoms with Crippen LogP contribution in [0, 0.1) is 0 Å². The van der Waals surface area contributed by atoms with E-state index in [0.29, 0.717) is 6.61 Å². The van der Waals surface area contributed by atoms with Gasteiger partial charge in [0.05, 0.1) is 6.04 Å². The fourth-order valence-corrected chi connectivity index (χ4v) is 2.34. The van der Waals surface area contributed by atoms with Crippen molar-refractivity contribution in [3.05, 3.63) is 23.3 Å². The van der Waals surface area contributed by atoms with Crippen LogP contribution >= 0.6 is 0 Å². The van der Waals surface area contributed by atoms with Crippen LogP contribution in [0.5, 0.6) is 11.5 Å². The fraction of sp³-hybridized carbons (Fsp3) is 0.500. The minimum atomic E-state index is -0.118. The van der Waals surface area contributed by atoms with E-state index in [9.17, 15) is 0 Å². The Kier molecular flexibility index (Phi) is 1.61. The monoisotopic (exact) mass is 205 g/mol. The molecule has 0 amide bonds. The van der Waals surface area contributed by atoms with Gasteiger partial charge < -0.3 is 15.2 Å². The number of fused-ring (bicyclic) bond motifs is 3. The summed E-state index contributed by atoms with van der Waals surface area (Å²) in [6.07, 6.45) is 0.939. The standard InChI is InChI=1S/C12H15NO2/c1-12(2)5-7-3-4-8-9(13)6-14-11(8)10(7)15-12/h3-4,9H,5-6,13H2,1-2H3. The predicted molar refractivity (Wildman–Crippen MR) is 57.3 cm³/mol. The molecule has 2 aliphatic rings. The topological polar surface area (TPSA) is 44.5 Å². The second-order valence-electron chi connectivity index (χ2n) is 4.93. The molecule has 80 valence electrons. The van der Waals surface area contributed by atoms with E-state index in [2.05, 4.69) is 26.0 Å². The molecule has 0 fully saturated rings. The summed E-state index contributed by atoms with van der Waals surface area (Å²) in [5, 5.41) is 0. The Morgan fingerprint density at radius 1 is 1.33 bits per heavy atom. The summed E-state index contributed by atoms with van der Waals surface area (Å²) >= 11 is 0. The van der Waals surface area contributed by atoms with Crippen LogP contribution in [-0.2, 0) is 6.42 Å². The molecule has 3 nitrogen and oxygen atoms in total. The van der Waals surface area contributed by atoms with Gasteiger partial charge in [0, 0.05) is 17.5 Å². The summed E-state index contributed by atoms with van der Waals surface area (Å²) < 4.78 is 11.5. The van der Waals surface area contributed by atoms with Gasteiger partial charge in [-0.25, -0.2) is 0 Å². The van der Waals surface area contributed by atoms with E-state index in [1.54, 1.807) is 0 Å². The predicted octanol–water partition coefficient (Wildman–Crippen LogP) is 1.79. The summed E-state index contributed by atoms with van der Waals surface area (Å²) in [6, 6.07) is 4.17. The Balaban J connectivity index is 2.13. The van der Waals surface area contributed by atoms with Gasteiger partial charge in [0.25, 0.3) is 0 Å². The highest BCUT2D eigenvalue weighted by molar-refractivity contribution is 5.57. The average molecular weight is 205 g/mol. The molecule has 3 heteroatoms. The number of nitrogens with two attached hydrogens (primary N) is 1. The summed E-state index contributed by atoms with van der Waals surface area (Å²) in [4.78, 5) is 0. The third-order valence-electron chi connectivity index (χ3n) is 3.03. The molecule has 0 bridgehead atoms. The highest BCUT2D eigenvalue weighted by Crippen LogP contribution is 2.47. The maximum Gasteiger partial charge on any atom is 0.166 e. The second-order valence-corrected chi connectivity index (χ2v) is 4.93. The summed E-state index contributed by atoms with van der Waals surface area (Å²) in [7, 11) is 0. The Morgan fingerprint density at radius 3 is 2.93 bits per heavy atom. The van der Waals surface area contributed by atoms with Gasteiger partial charge in [-0.15, -0.1) is 0 Å². The molecule has 2 N–H and O–H groups in total. The minimum Gasteiger partial charge on any atom is -0.487 e. The van der Waals surface area contributed by atoms with Crippen LogP contribution < -0.4 is 15.2 Å². The summed E-state index contributed by atoms with van der Waals surface area (Å²) in [5.41, 5.74) is 8.11. The molecule has 0 aliphatic carbocycles. The van der Waals surface area contributed by atoms with Crippen molar-refractivity contribution < 1.29 is 9.47 Å². The number of hydrogen-bond donors (Lipinski definition) is 1. The fourth-order valence-electron chi connectivity index (χ4n) is 2.34. The van der Waals surface area contributed by atoms with E-state index < -0.39 is 0 Å². The molecule has 1 aromatic carbocycles. The van der Waals surface area contributed by atoms with Crippen molar-refractivity contribution in [1.29, 1.82) is 0 Å². The first-order valence-electron chi connectivity index (χ1n) is 5.30. The van der Waals surface area contributed by atoms with Crippen LogP contribution in [0.1, 0.15) is 31.0 Å². The van der Waals surface area contributed by atoms with E-state index >= 15 is 0 Å². The Hall–Kier alpha value is -1.22. The van der Waals surface area contributed by atoms with Gasteiger partial charge in [0.15, 0.2) is 11.5 Å². The third kappa shape index (κ3) is 1.23. The first-order chi connectivity index (χ1) is 7.07. The summed E-state index contributed by atoms with van der Waals surface area (Å²) in [6.45, 7) is 4.75. The third-order valence-corrected chi connectivity index (χ3v) is 3.03. The summed E-state index contributed by atoms with van der Waals surface area (Å²) in [5.74, 6) is 1.77. The molecule has 0 saturated heterocycles. The van der Waals surface area contributed by atoms with Crippen LogP contribution in [0.2, 0.25) is 0 Å². The Bertz CT molecular complexity index is 426. The molecule has 1 aromatic rings. The van der Waals surface area contributed by atoms with Crippen molar-refractivity contribution in [1.82, 2.24) is 0 Å². The number of benzene rings is 1. The average Bonchev–Trinajstić information content (AvgIpc) is 2.65. The van der Waals surface area contributed by atoms with E-state index in [4.69, 9.17) is 15.2 Å². The van der Waals surface area contributed by atoms with Crippen LogP contribution in [0.25, 0.3) is 0 Å². The van der Waals surface area contributed by atoms with Crippen LogP contribution in [0.4, 0.5) is 0 Å². The van der Waals surface area contributed by atoms with Gasteiger partial charge in [0.2, 0.25) is 0 Å². The zero-order valence-corrected chi connectivity index (χ0v) is 9.04. The molecule has 1 atom stereocenters. The lowest BCUT2D eigenvalue weighted by atomic mass is 9.99. The molecule has 15 heavy (non-hydrogen) atoms. The van der Waals surface area contributed by atoms with Crippen molar-refractivity contribution in [2.45, 2.75) is 31.9 Å². The Morgan fingerprint density at radius 2 is 2.13 bits per heavy atom. The van der Waals surface area contributed by atoms with Crippen molar-refractivity contribution >= 4 is 0 Å². The number of ether oxygens (including phenoxy) is 2. The first-order valence-corrected chi connectivity index (χ1v) is 5.30. The normalized spacial score (nSPS) is 25.4. The number of hydrogen-bond acceptors (Lipinski definition) is 3. The van der Waals surface area contributed by atoms with Gasteiger partial charge in [-0.2, -0.15) is 0 Å². The van der Waals surface area contributed by atoms with Crippen molar-refractivity contribution in [3.63, 3.8) is 0 Å². The van der Waals surface area contributed by atoms with E-state index in [1.165, 1.54) is 5.56 Å². The molecule has 2 heterocycles. The van der Waals surface area contributed by atoms with Crippen molar-refractivity contribution in [2.24, 2.45) is 5.73 Å². The lowest BCUT2D eigenvalue weighted by Crippen LogP contribution is -2.24. The van der Waals surface area contributed by atoms with Gasteiger partial charge in [0.1, 0.15) is 12.2 Å². The molecule has 0 saturated carbocycles. The smallest absolute Gasteiger partial charge is 0.166 e. The molecule has 3 rings (SSSR count). The SMILES string of the molecule is CC1(C)Cc2ccc3c(c2O1)OCC3N. The zero-order chi connectivity index (χ0) is 10.6. The quantitative estimate of drug-likeness (QED) is 0.702. The molecule has 0 spiro atoms. The minimum absolute atomic E-state index is 0.00221. The highest BCUT2D eigenvalue weighted by atomic mass is 16.5. The molecular weight excluding hydrogens is 190 g/mol.